The number of benzene rings is 1. The lowest BCUT2D eigenvalue weighted by Gasteiger charge is -2.30. The maximum absolute atomic E-state index is 13.0. The Balaban J connectivity index is 1.50. The van der Waals surface area contributed by atoms with E-state index in [1.165, 1.54) is 11.0 Å². The number of piperidine rings is 1. The largest absolute Gasteiger partial charge is 0.451 e. The number of nitrogens with zero attached hydrogens (tertiary/aromatic N) is 3. The van der Waals surface area contributed by atoms with E-state index in [0.717, 1.165) is 50.3 Å². The van der Waals surface area contributed by atoms with Gasteiger partial charge in [0, 0.05) is 50.5 Å². The van der Waals surface area contributed by atoms with E-state index in [2.05, 4.69) is 11.5 Å². The van der Waals surface area contributed by atoms with Gasteiger partial charge in [-0.2, -0.15) is 0 Å². The van der Waals surface area contributed by atoms with E-state index in [9.17, 15) is 9.59 Å². The van der Waals surface area contributed by atoms with E-state index in [1.54, 1.807) is 13.1 Å². The summed E-state index contributed by atoms with van der Waals surface area (Å²) in [5, 5.41) is 0. The third-order valence-corrected chi connectivity index (χ3v) is 5.78. The minimum absolute atomic E-state index is 0.0204. The van der Waals surface area contributed by atoms with Crippen LogP contribution in [-0.2, 0) is 4.79 Å². The number of hydrogen-bond acceptors (Lipinski definition) is 4. The van der Waals surface area contributed by atoms with E-state index in [-0.39, 0.29) is 11.8 Å². The summed E-state index contributed by atoms with van der Waals surface area (Å²) in [4.78, 5) is 30.6. The van der Waals surface area contributed by atoms with Gasteiger partial charge in [0.15, 0.2) is 5.76 Å². The number of carbonyl (C=O) groups excluding carboxylic acids is 2. The quantitative estimate of drug-likeness (QED) is 0.767. The van der Waals surface area contributed by atoms with E-state index >= 15 is 0 Å². The molecule has 0 atom stereocenters. The van der Waals surface area contributed by atoms with Crippen LogP contribution in [0.15, 0.2) is 53.5 Å². The molecule has 2 amide bonds. The van der Waals surface area contributed by atoms with Gasteiger partial charge >= 0.3 is 0 Å². The Morgan fingerprint density at radius 1 is 1.07 bits per heavy atom. The Labute approximate surface area is 165 Å². The first-order chi connectivity index (χ1) is 13.6. The molecule has 1 aromatic carbocycles. The van der Waals surface area contributed by atoms with Gasteiger partial charge in [0.2, 0.25) is 5.91 Å². The number of rotatable bonds is 4. The molecule has 3 saturated heterocycles. The lowest BCUT2D eigenvalue weighted by atomic mass is 10.1. The van der Waals surface area contributed by atoms with Gasteiger partial charge in [-0.15, -0.1) is 0 Å². The second-order valence-corrected chi connectivity index (χ2v) is 7.38. The number of hydrogen-bond donors (Lipinski definition) is 0. The third-order valence-electron chi connectivity index (χ3n) is 5.78. The normalized spacial score (nSPS) is 21.2. The molecule has 28 heavy (non-hydrogen) atoms. The van der Waals surface area contributed by atoms with Crippen molar-refractivity contribution in [2.75, 3.05) is 38.1 Å². The standard InChI is InChI=1S/C22H25N3O3/c1-3-21(26)23(2)17-6-4-16(5-7-17)19-8-9-20(28-19)22(27)25-15-14-24-12-10-18(25)11-13-24/h3-9,18H,1,10-15H2,2H3. The first kappa shape index (κ1) is 18.5. The van der Waals surface area contributed by atoms with Crippen molar-refractivity contribution in [3.63, 3.8) is 0 Å². The highest BCUT2D eigenvalue weighted by Gasteiger charge is 2.33. The minimum atomic E-state index is -0.165. The summed E-state index contributed by atoms with van der Waals surface area (Å²) in [5.41, 5.74) is 1.64. The maximum Gasteiger partial charge on any atom is 0.289 e. The van der Waals surface area contributed by atoms with Crippen molar-refractivity contribution >= 4 is 17.5 Å². The Hall–Kier alpha value is -2.86. The first-order valence-electron chi connectivity index (χ1n) is 9.70. The molecule has 2 bridgehead atoms. The van der Waals surface area contributed by atoms with Crippen LogP contribution in [0, 0.1) is 0 Å². The molecule has 0 aliphatic carbocycles. The van der Waals surface area contributed by atoms with Crippen molar-refractivity contribution in [1.29, 1.82) is 0 Å². The van der Waals surface area contributed by atoms with Crippen LogP contribution in [0.2, 0.25) is 0 Å². The number of anilines is 1. The molecular weight excluding hydrogens is 354 g/mol. The summed E-state index contributed by atoms with van der Waals surface area (Å²) < 4.78 is 5.90. The fourth-order valence-corrected chi connectivity index (χ4v) is 4.02. The second-order valence-electron chi connectivity index (χ2n) is 7.38. The molecule has 4 heterocycles. The molecule has 6 heteroatoms. The van der Waals surface area contributed by atoms with Crippen LogP contribution in [0.4, 0.5) is 5.69 Å². The van der Waals surface area contributed by atoms with Gasteiger partial charge in [-0.1, -0.05) is 6.58 Å². The highest BCUT2D eigenvalue weighted by Crippen LogP contribution is 2.27. The van der Waals surface area contributed by atoms with Crippen LogP contribution in [0.3, 0.4) is 0 Å². The smallest absolute Gasteiger partial charge is 0.289 e. The summed E-state index contributed by atoms with van der Waals surface area (Å²) >= 11 is 0. The fraction of sp³-hybridized carbons (Fsp3) is 0.364. The predicted molar refractivity (Wildman–Crippen MR) is 108 cm³/mol. The molecule has 146 valence electrons. The summed E-state index contributed by atoms with van der Waals surface area (Å²) in [6.07, 6.45) is 3.36. The molecule has 3 fully saturated rings. The van der Waals surface area contributed by atoms with Crippen molar-refractivity contribution < 1.29 is 14.0 Å². The average molecular weight is 379 g/mol. The van der Waals surface area contributed by atoms with Crippen LogP contribution in [0.25, 0.3) is 11.3 Å². The van der Waals surface area contributed by atoms with Gasteiger partial charge < -0.3 is 19.1 Å². The minimum Gasteiger partial charge on any atom is -0.451 e. The topological polar surface area (TPSA) is 57.0 Å². The zero-order valence-electron chi connectivity index (χ0n) is 16.1. The molecule has 0 unspecified atom stereocenters. The molecule has 2 aromatic rings. The fourth-order valence-electron chi connectivity index (χ4n) is 4.02. The van der Waals surface area contributed by atoms with Crippen molar-refractivity contribution in [3.8, 4) is 11.3 Å². The molecule has 1 aromatic heterocycles. The van der Waals surface area contributed by atoms with Gasteiger partial charge in [-0.05, 0) is 55.3 Å². The Bertz CT molecular complexity index is 879. The number of carbonyl (C=O) groups is 2. The van der Waals surface area contributed by atoms with Crippen LogP contribution in [0.1, 0.15) is 23.4 Å². The van der Waals surface area contributed by atoms with Crippen LogP contribution >= 0.6 is 0 Å². The highest BCUT2D eigenvalue weighted by molar-refractivity contribution is 6.00. The Morgan fingerprint density at radius 3 is 2.46 bits per heavy atom. The number of amides is 2. The van der Waals surface area contributed by atoms with Gasteiger partial charge in [0.05, 0.1) is 0 Å². The van der Waals surface area contributed by atoms with Gasteiger partial charge in [0.1, 0.15) is 5.76 Å². The molecule has 3 aliphatic rings. The van der Waals surface area contributed by atoms with Crippen molar-refractivity contribution in [2.24, 2.45) is 0 Å². The molecule has 0 saturated carbocycles. The molecule has 3 aliphatic heterocycles. The maximum atomic E-state index is 13.0. The van der Waals surface area contributed by atoms with Crippen LogP contribution in [0.5, 0.6) is 0 Å². The average Bonchev–Trinajstić information content (AvgIpc) is 3.05. The predicted octanol–water partition coefficient (Wildman–Crippen LogP) is 3.02. The lowest BCUT2D eigenvalue weighted by molar-refractivity contribution is -0.113. The van der Waals surface area contributed by atoms with E-state index in [4.69, 9.17) is 4.42 Å². The van der Waals surface area contributed by atoms with Crippen LogP contribution in [-0.4, -0.2) is 60.9 Å². The monoisotopic (exact) mass is 379 g/mol. The Morgan fingerprint density at radius 2 is 1.79 bits per heavy atom. The van der Waals surface area contributed by atoms with Crippen molar-refractivity contribution in [2.45, 2.75) is 18.9 Å². The second kappa shape index (κ2) is 7.64. The number of fused-ring (bicyclic) bond motifs is 4. The van der Waals surface area contributed by atoms with Gasteiger partial charge in [-0.25, -0.2) is 0 Å². The van der Waals surface area contributed by atoms with Gasteiger partial charge in [-0.3, -0.25) is 9.59 Å². The van der Waals surface area contributed by atoms with Gasteiger partial charge in [0.25, 0.3) is 5.91 Å². The lowest BCUT2D eigenvalue weighted by Crippen LogP contribution is -2.41. The molecule has 5 rings (SSSR count). The SMILES string of the molecule is C=CC(=O)N(C)c1ccc(-c2ccc(C(=O)N3CCN4CCC3CC4)o2)cc1. The number of furan rings is 1. The zero-order chi connectivity index (χ0) is 19.7. The summed E-state index contributed by atoms with van der Waals surface area (Å²) in [6, 6.07) is 11.4. The molecule has 0 radical (unpaired) electrons. The van der Waals surface area contributed by atoms with Crippen molar-refractivity contribution in [1.82, 2.24) is 9.80 Å². The zero-order valence-corrected chi connectivity index (χ0v) is 16.1. The summed E-state index contributed by atoms with van der Waals surface area (Å²) in [5.74, 6) is 0.850. The molecule has 0 spiro atoms. The van der Waals surface area contributed by atoms with E-state index in [0.29, 0.717) is 17.6 Å². The first-order valence-corrected chi connectivity index (χ1v) is 9.70. The molecule has 6 nitrogen and oxygen atoms in total. The third kappa shape index (κ3) is 3.47. The molecular formula is C22H25N3O3. The van der Waals surface area contributed by atoms with Crippen LogP contribution < -0.4 is 4.90 Å². The van der Waals surface area contributed by atoms with Crippen molar-refractivity contribution in [3.05, 3.63) is 54.8 Å². The summed E-state index contributed by atoms with van der Waals surface area (Å²) in [6.45, 7) is 7.36. The number of likely N-dealkylation sites (N-methyl/N-ethyl adjacent to an activating group) is 1. The highest BCUT2D eigenvalue weighted by atomic mass is 16.4. The Kier molecular flexibility index (Phi) is 5.05. The molecule has 0 N–H and O–H groups in total. The summed E-state index contributed by atoms with van der Waals surface area (Å²) in [7, 11) is 1.70. The van der Waals surface area contributed by atoms with E-state index < -0.39 is 0 Å². The van der Waals surface area contributed by atoms with E-state index in [1.807, 2.05) is 35.2 Å².